The lowest BCUT2D eigenvalue weighted by Gasteiger charge is -2.30. The van der Waals surface area contributed by atoms with E-state index in [-0.39, 0.29) is 11.5 Å². The van der Waals surface area contributed by atoms with Gasteiger partial charge in [-0.05, 0) is 29.2 Å². The molecule has 4 heteroatoms. The summed E-state index contributed by atoms with van der Waals surface area (Å²) in [6.07, 6.45) is 0. The second-order valence-corrected chi connectivity index (χ2v) is 6.02. The molecule has 0 radical (unpaired) electrons. The van der Waals surface area contributed by atoms with Crippen LogP contribution in [0.4, 0.5) is 0 Å². The molecule has 0 aromatic heterocycles. The Hall–Kier alpha value is -0.0900. The van der Waals surface area contributed by atoms with E-state index in [0.29, 0.717) is 5.02 Å². The molecule has 15 heavy (non-hydrogen) atoms. The molecule has 0 spiro atoms. The van der Waals surface area contributed by atoms with Crippen molar-refractivity contribution in [2.24, 2.45) is 11.3 Å². The zero-order chi connectivity index (χ0) is 11.6. The normalized spacial score (nSPS) is 14.0. The Morgan fingerprint density at radius 3 is 2.33 bits per heavy atom. The van der Waals surface area contributed by atoms with Crippen molar-refractivity contribution in [3.63, 3.8) is 0 Å². The summed E-state index contributed by atoms with van der Waals surface area (Å²) >= 11 is 9.43. The van der Waals surface area contributed by atoms with E-state index in [9.17, 15) is 0 Å². The third-order valence-corrected chi connectivity index (χ3v) is 2.93. The van der Waals surface area contributed by atoms with E-state index in [1.54, 1.807) is 0 Å². The Balaban J connectivity index is 3.13. The van der Waals surface area contributed by atoms with E-state index in [0.717, 1.165) is 10.0 Å². The molecule has 2 nitrogen and oxygen atoms in total. The highest BCUT2D eigenvalue weighted by Crippen LogP contribution is 2.34. The van der Waals surface area contributed by atoms with Crippen LogP contribution in [0.2, 0.25) is 5.02 Å². The molecule has 1 aromatic carbocycles. The first-order chi connectivity index (χ1) is 6.84. The second-order valence-electron chi connectivity index (χ2n) is 4.67. The first-order valence-electron chi connectivity index (χ1n) is 4.76. The van der Waals surface area contributed by atoms with Crippen LogP contribution in [-0.2, 0) is 0 Å². The summed E-state index contributed by atoms with van der Waals surface area (Å²) in [6, 6.07) is 5.90. The van der Waals surface area contributed by atoms with E-state index >= 15 is 0 Å². The molecule has 1 atom stereocenters. The smallest absolute Gasteiger partial charge is 0.0509 e. The summed E-state index contributed by atoms with van der Waals surface area (Å²) in [5.41, 5.74) is 3.96. The molecule has 0 fully saturated rings. The van der Waals surface area contributed by atoms with E-state index in [2.05, 4.69) is 42.1 Å². The van der Waals surface area contributed by atoms with Crippen LogP contribution in [-0.4, -0.2) is 0 Å². The van der Waals surface area contributed by atoms with Gasteiger partial charge in [-0.2, -0.15) is 0 Å². The average molecular weight is 292 g/mol. The molecule has 1 aromatic rings. The first kappa shape index (κ1) is 13.0. The third-order valence-electron chi connectivity index (χ3n) is 2.25. The Morgan fingerprint density at radius 1 is 1.33 bits per heavy atom. The summed E-state index contributed by atoms with van der Waals surface area (Å²) < 4.78 is 0.967. The van der Waals surface area contributed by atoms with Gasteiger partial charge in [-0.25, -0.2) is 0 Å². The lowest BCUT2D eigenvalue weighted by molar-refractivity contribution is 0.275. The number of benzene rings is 1. The van der Waals surface area contributed by atoms with Gasteiger partial charge < -0.3 is 0 Å². The molecule has 3 N–H and O–H groups in total. The van der Waals surface area contributed by atoms with Crippen LogP contribution >= 0.6 is 27.5 Å². The zero-order valence-corrected chi connectivity index (χ0v) is 11.5. The number of hydrazine groups is 1. The van der Waals surface area contributed by atoms with Gasteiger partial charge in [0.15, 0.2) is 0 Å². The molecule has 0 aliphatic heterocycles. The molecule has 0 amide bonds. The van der Waals surface area contributed by atoms with Crippen LogP contribution in [0.15, 0.2) is 22.7 Å². The minimum absolute atomic E-state index is 0.0405. The molecule has 84 valence electrons. The lowest BCUT2D eigenvalue weighted by atomic mass is 9.83. The quantitative estimate of drug-likeness (QED) is 0.645. The van der Waals surface area contributed by atoms with Crippen molar-refractivity contribution >= 4 is 27.5 Å². The number of nitrogens with one attached hydrogen (secondary N) is 1. The van der Waals surface area contributed by atoms with Crippen LogP contribution in [0.1, 0.15) is 32.4 Å². The third kappa shape index (κ3) is 3.45. The van der Waals surface area contributed by atoms with Gasteiger partial charge in [0, 0.05) is 9.50 Å². The maximum atomic E-state index is 6.00. The summed E-state index contributed by atoms with van der Waals surface area (Å²) in [7, 11) is 0. The van der Waals surface area contributed by atoms with Crippen LogP contribution in [0.25, 0.3) is 0 Å². The van der Waals surface area contributed by atoms with Crippen molar-refractivity contribution < 1.29 is 0 Å². The molecule has 0 saturated heterocycles. The molecule has 1 rings (SSSR count). The van der Waals surface area contributed by atoms with Gasteiger partial charge in [0.05, 0.1) is 6.04 Å². The number of hydrogen-bond donors (Lipinski definition) is 2. The van der Waals surface area contributed by atoms with Crippen molar-refractivity contribution in [3.05, 3.63) is 33.3 Å². The summed E-state index contributed by atoms with van der Waals surface area (Å²) in [4.78, 5) is 0. The number of hydrogen-bond acceptors (Lipinski definition) is 2. The Labute approximate surface area is 104 Å². The fraction of sp³-hybridized carbons (Fsp3) is 0.455. The Morgan fingerprint density at radius 2 is 1.93 bits per heavy atom. The monoisotopic (exact) mass is 290 g/mol. The highest BCUT2D eigenvalue weighted by molar-refractivity contribution is 9.10. The number of rotatable bonds is 2. The highest BCUT2D eigenvalue weighted by atomic mass is 79.9. The van der Waals surface area contributed by atoms with Gasteiger partial charge in [0.1, 0.15) is 0 Å². The van der Waals surface area contributed by atoms with Crippen LogP contribution in [0.3, 0.4) is 0 Å². The fourth-order valence-corrected chi connectivity index (χ4v) is 2.47. The highest BCUT2D eigenvalue weighted by Gasteiger charge is 2.25. The average Bonchev–Trinajstić information content (AvgIpc) is 1.99. The van der Waals surface area contributed by atoms with Gasteiger partial charge >= 0.3 is 0 Å². The van der Waals surface area contributed by atoms with Crippen LogP contribution < -0.4 is 11.3 Å². The predicted octanol–water partition coefficient (Wildman–Crippen LogP) is 3.65. The zero-order valence-electron chi connectivity index (χ0n) is 9.14. The fourth-order valence-electron chi connectivity index (χ4n) is 1.59. The van der Waals surface area contributed by atoms with Crippen molar-refractivity contribution in [1.82, 2.24) is 5.43 Å². The van der Waals surface area contributed by atoms with Crippen molar-refractivity contribution in [1.29, 1.82) is 0 Å². The molecular formula is C11H16BrClN2. The maximum absolute atomic E-state index is 6.00. The van der Waals surface area contributed by atoms with Crippen molar-refractivity contribution in [2.75, 3.05) is 0 Å². The first-order valence-corrected chi connectivity index (χ1v) is 5.94. The molecule has 0 saturated carbocycles. The predicted molar refractivity (Wildman–Crippen MR) is 68.7 cm³/mol. The molecular weight excluding hydrogens is 275 g/mol. The minimum atomic E-state index is 0.0405. The Bertz CT molecular complexity index is 327. The summed E-state index contributed by atoms with van der Waals surface area (Å²) in [5.74, 6) is 5.58. The molecule has 0 aliphatic carbocycles. The van der Waals surface area contributed by atoms with Crippen molar-refractivity contribution in [2.45, 2.75) is 26.8 Å². The Kier molecular flexibility index (Phi) is 4.18. The van der Waals surface area contributed by atoms with Gasteiger partial charge in [0.25, 0.3) is 0 Å². The number of nitrogens with two attached hydrogens (primary N) is 1. The van der Waals surface area contributed by atoms with E-state index in [4.69, 9.17) is 17.4 Å². The van der Waals surface area contributed by atoms with Gasteiger partial charge in [-0.15, -0.1) is 0 Å². The standard InChI is InChI=1S/C11H16BrClN2/c1-11(2,3)10(15-14)7-4-8(12)6-9(13)5-7/h4-6,10,15H,14H2,1-3H3. The van der Waals surface area contributed by atoms with Gasteiger partial charge in [-0.1, -0.05) is 48.3 Å². The molecule has 1 unspecified atom stereocenters. The van der Waals surface area contributed by atoms with Crippen LogP contribution in [0, 0.1) is 5.41 Å². The minimum Gasteiger partial charge on any atom is -0.271 e. The topological polar surface area (TPSA) is 38.0 Å². The SMILES string of the molecule is CC(C)(C)C(NN)c1cc(Cl)cc(Br)c1. The summed E-state index contributed by atoms with van der Waals surface area (Å²) in [5, 5.41) is 0.712. The van der Waals surface area contributed by atoms with Gasteiger partial charge in [-0.3, -0.25) is 11.3 Å². The maximum Gasteiger partial charge on any atom is 0.0509 e. The lowest BCUT2D eigenvalue weighted by Crippen LogP contribution is -2.36. The van der Waals surface area contributed by atoms with Crippen molar-refractivity contribution in [3.8, 4) is 0 Å². The van der Waals surface area contributed by atoms with Crippen LogP contribution in [0.5, 0.6) is 0 Å². The molecule has 0 bridgehead atoms. The molecule has 0 aliphatic rings. The summed E-state index contributed by atoms with van der Waals surface area (Å²) in [6.45, 7) is 6.39. The van der Waals surface area contributed by atoms with E-state index in [1.807, 2.05) is 18.2 Å². The number of halogens is 2. The van der Waals surface area contributed by atoms with E-state index in [1.165, 1.54) is 0 Å². The largest absolute Gasteiger partial charge is 0.271 e. The second kappa shape index (κ2) is 4.83. The van der Waals surface area contributed by atoms with E-state index < -0.39 is 0 Å². The molecule has 0 heterocycles. The van der Waals surface area contributed by atoms with Gasteiger partial charge in [0.2, 0.25) is 0 Å².